The molecule has 0 spiro atoms. The Kier molecular flexibility index (Phi) is 6.75. The molecule has 0 heterocycles. The van der Waals surface area contributed by atoms with Gasteiger partial charge >= 0.3 is 0 Å². The van der Waals surface area contributed by atoms with E-state index in [1.54, 1.807) is 19.2 Å². The van der Waals surface area contributed by atoms with Gasteiger partial charge < -0.3 is 14.8 Å². The summed E-state index contributed by atoms with van der Waals surface area (Å²) in [5.41, 5.74) is 1.94. The Morgan fingerprint density at radius 1 is 1.08 bits per heavy atom. The predicted octanol–water partition coefficient (Wildman–Crippen LogP) is 5.49. The van der Waals surface area contributed by atoms with Gasteiger partial charge in [-0.1, -0.05) is 43.0 Å². The molecule has 1 N–H and O–H groups in total. The Balaban J connectivity index is 1.65. The topological polar surface area (TPSA) is 30.5 Å². The summed E-state index contributed by atoms with van der Waals surface area (Å²) in [6.07, 6.45) is 6.43. The van der Waals surface area contributed by atoms with Crippen LogP contribution in [0.15, 0.2) is 36.4 Å². The quantitative estimate of drug-likeness (QED) is 0.692. The van der Waals surface area contributed by atoms with Gasteiger partial charge in [0.1, 0.15) is 12.4 Å². The highest BCUT2D eigenvalue weighted by Gasteiger charge is 2.15. The molecule has 2 aromatic carbocycles. The summed E-state index contributed by atoms with van der Waals surface area (Å²) in [5, 5.41) is 4.13. The molecule has 1 aliphatic rings. The van der Waals surface area contributed by atoms with E-state index in [-0.39, 0.29) is 5.82 Å². The molecule has 0 unspecified atom stereocenters. The van der Waals surface area contributed by atoms with E-state index in [9.17, 15) is 4.39 Å². The molecule has 0 radical (unpaired) electrons. The van der Waals surface area contributed by atoms with Crippen LogP contribution in [0.5, 0.6) is 11.5 Å². The molecule has 0 aromatic heterocycles. The summed E-state index contributed by atoms with van der Waals surface area (Å²) in [6, 6.07) is 10.7. The van der Waals surface area contributed by atoms with Crippen LogP contribution in [0.1, 0.15) is 43.2 Å². The van der Waals surface area contributed by atoms with Crippen molar-refractivity contribution in [3.63, 3.8) is 0 Å². The molecule has 0 saturated heterocycles. The first-order chi connectivity index (χ1) is 12.7. The zero-order valence-corrected chi connectivity index (χ0v) is 15.8. The zero-order valence-electron chi connectivity index (χ0n) is 15.1. The van der Waals surface area contributed by atoms with Crippen molar-refractivity contribution in [2.45, 2.75) is 51.3 Å². The maximum atomic E-state index is 13.0. The van der Waals surface area contributed by atoms with Crippen LogP contribution >= 0.6 is 11.6 Å². The fourth-order valence-corrected chi connectivity index (χ4v) is 3.61. The second-order valence-corrected chi connectivity index (χ2v) is 7.15. The maximum Gasteiger partial charge on any atom is 0.180 e. The van der Waals surface area contributed by atoms with Gasteiger partial charge in [-0.25, -0.2) is 4.39 Å². The first-order valence-electron chi connectivity index (χ1n) is 9.13. The van der Waals surface area contributed by atoms with E-state index in [1.165, 1.54) is 44.2 Å². The SMILES string of the molecule is COc1cc(CNC2CCCCC2)cc(Cl)c1OCc1ccc(F)cc1. The Morgan fingerprint density at radius 3 is 2.50 bits per heavy atom. The van der Waals surface area contributed by atoms with Crippen molar-refractivity contribution in [2.75, 3.05) is 7.11 Å². The fraction of sp³-hybridized carbons (Fsp3) is 0.429. The molecule has 0 amide bonds. The van der Waals surface area contributed by atoms with Gasteiger partial charge in [-0.3, -0.25) is 0 Å². The van der Waals surface area contributed by atoms with Gasteiger partial charge in [0.25, 0.3) is 0 Å². The molecule has 0 aliphatic heterocycles. The lowest BCUT2D eigenvalue weighted by atomic mass is 9.95. The summed E-state index contributed by atoms with van der Waals surface area (Å²) in [5.74, 6) is 0.860. The Hall–Kier alpha value is -1.78. The van der Waals surface area contributed by atoms with Crippen LogP contribution in [0.3, 0.4) is 0 Å². The second-order valence-electron chi connectivity index (χ2n) is 6.74. The highest BCUT2D eigenvalue weighted by molar-refractivity contribution is 6.32. The van der Waals surface area contributed by atoms with Crippen LogP contribution in [0.4, 0.5) is 4.39 Å². The number of rotatable bonds is 7. The molecule has 1 saturated carbocycles. The van der Waals surface area contributed by atoms with Gasteiger partial charge in [0.2, 0.25) is 0 Å². The number of hydrogen-bond acceptors (Lipinski definition) is 3. The summed E-state index contributed by atoms with van der Waals surface area (Å²) < 4.78 is 24.3. The summed E-state index contributed by atoms with van der Waals surface area (Å²) >= 11 is 6.43. The standard InChI is InChI=1S/C21H25ClFNO2/c1-25-20-12-16(13-24-18-5-3-2-4-6-18)11-19(22)21(20)26-14-15-7-9-17(23)10-8-15/h7-12,18,24H,2-6,13-14H2,1H3. The second kappa shape index (κ2) is 9.24. The van der Waals surface area contributed by atoms with E-state index in [4.69, 9.17) is 21.1 Å². The third-order valence-corrected chi connectivity index (χ3v) is 5.07. The van der Waals surface area contributed by atoms with Crippen molar-refractivity contribution >= 4 is 11.6 Å². The Labute approximate surface area is 159 Å². The molecule has 0 atom stereocenters. The molecule has 2 aromatic rings. The molecule has 1 fully saturated rings. The first-order valence-corrected chi connectivity index (χ1v) is 9.50. The summed E-state index contributed by atoms with van der Waals surface area (Å²) in [4.78, 5) is 0. The van der Waals surface area contributed by atoms with E-state index in [0.29, 0.717) is 29.2 Å². The minimum absolute atomic E-state index is 0.265. The van der Waals surface area contributed by atoms with Crippen LogP contribution in [0, 0.1) is 5.82 Å². The molecular formula is C21H25ClFNO2. The molecule has 0 bridgehead atoms. The number of hydrogen-bond donors (Lipinski definition) is 1. The zero-order chi connectivity index (χ0) is 18.4. The van der Waals surface area contributed by atoms with Gasteiger partial charge in [0.05, 0.1) is 12.1 Å². The van der Waals surface area contributed by atoms with Gasteiger partial charge in [-0.15, -0.1) is 0 Å². The van der Waals surface area contributed by atoms with Gasteiger partial charge in [0, 0.05) is 12.6 Å². The lowest BCUT2D eigenvalue weighted by molar-refractivity contribution is 0.284. The van der Waals surface area contributed by atoms with Crippen molar-refractivity contribution in [1.82, 2.24) is 5.32 Å². The predicted molar refractivity (Wildman–Crippen MR) is 102 cm³/mol. The minimum atomic E-state index is -0.265. The molecule has 3 rings (SSSR count). The molecule has 3 nitrogen and oxygen atoms in total. The van der Waals surface area contributed by atoms with Gasteiger partial charge in [-0.05, 0) is 48.2 Å². The smallest absolute Gasteiger partial charge is 0.180 e. The van der Waals surface area contributed by atoms with Crippen molar-refractivity contribution < 1.29 is 13.9 Å². The molecule has 26 heavy (non-hydrogen) atoms. The minimum Gasteiger partial charge on any atom is -0.493 e. The third-order valence-electron chi connectivity index (χ3n) is 4.79. The average Bonchev–Trinajstić information content (AvgIpc) is 2.67. The average molecular weight is 378 g/mol. The normalized spacial score (nSPS) is 15.0. The third kappa shape index (κ3) is 5.12. The summed E-state index contributed by atoms with van der Waals surface area (Å²) in [6.45, 7) is 1.06. The van der Waals surface area contributed by atoms with E-state index >= 15 is 0 Å². The van der Waals surface area contributed by atoms with Crippen LogP contribution in [-0.2, 0) is 13.2 Å². The lowest BCUT2D eigenvalue weighted by Gasteiger charge is -2.23. The van der Waals surface area contributed by atoms with Crippen molar-refractivity contribution in [1.29, 1.82) is 0 Å². The van der Waals surface area contributed by atoms with Crippen LogP contribution in [0.2, 0.25) is 5.02 Å². The highest BCUT2D eigenvalue weighted by atomic mass is 35.5. The van der Waals surface area contributed by atoms with Crippen LogP contribution < -0.4 is 14.8 Å². The van der Waals surface area contributed by atoms with E-state index in [0.717, 1.165) is 17.7 Å². The summed E-state index contributed by atoms with van der Waals surface area (Å²) in [7, 11) is 1.61. The van der Waals surface area contributed by atoms with Crippen LogP contribution in [0.25, 0.3) is 0 Å². The molecular weight excluding hydrogens is 353 g/mol. The number of benzene rings is 2. The number of ether oxygens (including phenoxy) is 2. The molecule has 5 heteroatoms. The van der Waals surface area contributed by atoms with E-state index in [1.807, 2.05) is 12.1 Å². The Bertz CT molecular complexity index is 715. The number of methoxy groups -OCH3 is 1. The first kappa shape index (κ1) is 19.0. The van der Waals surface area contributed by atoms with Gasteiger partial charge in [0.15, 0.2) is 11.5 Å². The highest BCUT2D eigenvalue weighted by Crippen LogP contribution is 2.37. The molecule has 140 valence electrons. The van der Waals surface area contributed by atoms with Crippen molar-refractivity contribution in [2.24, 2.45) is 0 Å². The number of halogens is 2. The fourth-order valence-electron chi connectivity index (χ4n) is 3.32. The van der Waals surface area contributed by atoms with Gasteiger partial charge in [-0.2, -0.15) is 0 Å². The van der Waals surface area contributed by atoms with Crippen molar-refractivity contribution in [3.05, 3.63) is 58.4 Å². The number of nitrogens with one attached hydrogen (secondary N) is 1. The largest absolute Gasteiger partial charge is 0.493 e. The van der Waals surface area contributed by atoms with E-state index < -0.39 is 0 Å². The van der Waals surface area contributed by atoms with E-state index in [2.05, 4.69) is 5.32 Å². The molecule has 1 aliphatic carbocycles. The lowest BCUT2D eigenvalue weighted by Crippen LogP contribution is -2.30. The van der Waals surface area contributed by atoms with Crippen LogP contribution in [-0.4, -0.2) is 13.2 Å². The monoisotopic (exact) mass is 377 g/mol. The maximum absolute atomic E-state index is 13.0. The Morgan fingerprint density at radius 2 is 1.81 bits per heavy atom. The van der Waals surface area contributed by atoms with Crippen molar-refractivity contribution in [3.8, 4) is 11.5 Å².